The maximum atomic E-state index is 15.5. The first-order valence-electron chi connectivity index (χ1n) is 20.3. The van der Waals surface area contributed by atoms with Gasteiger partial charge in [-0.2, -0.15) is 18.4 Å². The van der Waals surface area contributed by atoms with Crippen molar-refractivity contribution >= 4 is 49.3 Å². The van der Waals surface area contributed by atoms with E-state index in [2.05, 4.69) is 87.1 Å². The summed E-state index contributed by atoms with van der Waals surface area (Å²) in [6, 6.07) is 50.3. The summed E-state index contributed by atoms with van der Waals surface area (Å²) in [7, 11) is 0. The minimum atomic E-state index is -4.82. The molecule has 0 spiro atoms. The molecule has 0 saturated heterocycles. The van der Waals surface area contributed by atoms with Crippen molar-refractivity contribution in [1.29, 1.82) is 5.26 Å². The van der Waals surface area contributed by atoms with Gasteiger partial charge in [-0.05, 0) is 98.5 Å². The van der Waals surface area contributed by atoms with Crippen LogP contribution in [0.4, 0.5) is 18.9 Å². The quantitative estimate of drug-likeness (QED) is 0.160. The number of hydrogen-bond acceptors (Lipinski definition) is 1. The zero-order valence-electron chi connectivity index (χ0n) is 34.4. The van der Waals surface area contributed by atoms with Gasteiger partial charge in [-0.1, -0.05) is 125 Å². The maximum Gasteiger partial charge on any atom is 0.415 e. The molecule has 0 aliphatic carbocycles. The van der Waals surface area contributed by atoms with E-state index in [1.807, 2.05) is 81.9 Å². The van der Waals surface area contributed by atoms with E-state index >= 15 is 13.2 Å². The number of alkyl halides is 3. The minimum Gasteiger partial charge on any atom is -0.309 e. The smallest absolute Gasteiger partial charge is 0.309 e. The number of aryl methyl sites for hydroxylation is 4. The second-order valence-electron chi connectivity index (χ2n) is 16.2. The molecule has 0 fully saturated rings. The lowest BCUT2D eigenvalue weighted by molar-refractivity contribution is -0.137. The molecule has 0 atom stereocenters. The van der Waals surface area contributed by atoms with Crippen LogP contribution in [0, 0.1) is 45.6 Å². The Kier molecular flexibility index (Phi) is 8.91. The van der Waals surface area contributed by atoms with Gasteiger partial charge >= 0.3 is 6.18 Å². The van der Waals surface area contributed by atoms with Crippen LogP contribution in [0.1, 0.15) is 33.4 Å². The number of fused-ring (bicyclic) bond motifs is 6. The Balaban J connectivity index is 1.37. The fourth-order valence-electron chi connectivity index (χ4n) is 9.52. The summed E-state index contributed by atoms with van der Waals surface area (Å²) >= 11 is 0. The van der Waals surface area contributed by atoms with Crippen molar-refractivity contribution in [3.05, 3.63) is 196 Å². The highest BCUT2D eigenvalue weighted by atomic mass is 19.4. The highest BCUT2D eigenvalue weighted by Gasteiger charge is 2.37. The Morgan fingerprint density at radius 2 is 0.935 bits per heavy atom. The lowest BCUT2D eigenvalue weighted by Gasteiger charge is -2.24. The third-order valence-electron chi connectivity index (χ3n) is 11.9. The number of halogens is 3. The second kappa shape index (κ2) is 14.4. The van der Waals surface area contributed by atoms with Gasteiger partial charge in [0.1, 0.15) is 0 Å². The molecule has 0 amide bonds. The Labute approximate surface area is 356 Å². The summed E-state index contributed by atoms with van der Waals surface area (Å²) < 4.78 is 50.5. The first kappa shape index (κ1) is 38.3. The Morgan fingerprint density at radius 1 is 0.484 bits per heavy atom. The van der Waals surface area contributed by atoms with Crippen LogP contribution < -0.4 is 0 Å². The number of para-hydroxylation sites is 2. The standard InChI is InChI=1S/C55H37F3N4/c1-32-21-33(2)24-39(23-32)37-17-19-49-43(29-37)41-11-6-8-15-47(41)61(49)51-27-36(31-59)28-52(54(51)53-45(55(56,57)58)13-10-14-46(53)60-5)62-48-16-9-7-12-42(48)44-30-38(18-20-50(44)62)40-25-34(3)22-35(4)26-40/h6-30H,1-4H3. The van der Waals surface area contributed by atoms with E-state index in [-0.39, 0.29) is 22.4 Å². The molecule has 4 nitrogen and oxygen atoms in total. The maximum absolute atomic E-state index is 15.5. The predicted molar refractivity (Wildman–Crippen MR) is 246 cm³/mol. The first-order valence-corrected chi connectivity index (χ1v) is 20.3. The van der Waals surface area contributed by atoms with E-state index in [0.29, 0.717) is 11.4 Å². The van der Waals surface area contributed by atoms with Gasteiger partial charge < -0.3 is 9.13 Å². The van der Waals surface area contributed by atoms with Gasteiger partial charge in [0.05, 0.1) is 57.2 Å². The van der Waals surface area contributed by atoms with E-state index in [1.165, 1.54) is 12.1 Å². The summed E-state index contributed by atoms with van der Waals surface area (Å²) in [5.74, 6) is 0. The number of nitrogens with zero attached hydrogens (tertiary/aromatic N) is 4. The van der Waals surface area contributed by atoms with E-state index in [9.17, 15) is 5.26 Å². The van der Waals surface area contributed by atoms with E-state index in [4.69, 9.17) is 6.57 Å². The largest absolute Gasteiger partial charge is 0.415 e. The summed E-state index contributed by atoms with van der Waals surface area (Å²) in [5.41, 5.74) is 11.5. The van der Waals surface area contributed by atoms with Gasteiger partial charge in [-0.25, -0.2) is 4.85 Å². The molecule has 0 aliphatic heterocycles. The lowest BCUT2D eigenvalue weighted by Crippen LogP contribution is -2.11. The number of rotatable bonds is 5. The Morgan fingerprint density at radius 3 is 1.37 bits per heavy atom. The SMILES string of the molecule is [C-]#[N+]c1cccc(C(F)(F)F)c1-c1c(-n2c3ccccc3c3cc(-c4cc(C)cc(C)c4)ccc32)cc(C#N)cc1-n1c2ccccc2c2cc(-c3cc(C)cc(C)c3)ccc21. The van der Waals surface area contributed by atoms with Gasteiger partial charge in [-0.3, -0.25) is 0 Å². The van der Waals surface area contributed by atoms with Crippen molar-refractivity contribution < 1.29 is 13.2 Å². The van der Waals surface area contributed by atoms with Crippen LogP contribution in [0.3, 0.4) is 0 Å². The molecular weight excluding hydrogens is 774 g/mol. The highest BCUT2D eigenvalue weighted by molar-refractivity contribution is 6.13. The van der Waals surface area contributed by atoms with Crippen molar-refractivity contribution in [2.45, 2.75) is 33.9 Å². The van der Waals surface area contributed by atoms with Crippen molar-refractivity contribution in [1.82, 2.24) is 9.13 Å². The van der Waals surface area contributed by atoms with Gasteiger partial charge in [0.2, 0.25) is 0 Å². The number of benzene rings is 8. The van der Waals surface area contributed by atoms with Crippen LogP contribution >= 0.6 is 0 Å². The number of hydrogen-bond donors (Lipinski definition) is 0. The topological polar surface area (TPSA) is 38.0 Å². The van der Waals surface area contributed by atoms with Gasteiger partial charge in [0, 0.05) is 32.7 Å². The zero-order chi connectivity index (χ0) is 43.0. The molecule has 0 N–H and O–H groups in total. The summed E-state index contributed by atoms with van der Waals surface area (Å²) in [6.45, 7) is 16.6. The van der Waals surface area contributed by atoms with Crippen molar-refractivity contribution in [2.75, 3.05) is 0 Å². The van der Waals surface area contributed by atoms with Crippen LogP contribution in [-0.2, 0) is 6.18 Å². The van der Waals surface area contributed by atoms with Gasteiger partial charge in [-0.15, -0.1) is 0 Å². The average molecular weight is 811 g/mol. The molecule has 10 rings (SSSR count). The van der Waals surface area contributed by atoms with Crippen molar-refractivity contribution in [3.63, 3.8) is 0 Å². The normalized spacial score (nSPS) is 11.8. The van der Waals surface area contributed by atoms with E-state index < -0.39 is 11.7 Å². The van der Waals surface area contributed by atoms with Gasteiger partial charge in [0.25, 0.3) is 0 Å². The fraction of sp³-hybridized carbons (Fsp3) is 0.0909. The molecule has 0 radical (unpaired) electrons. The molecule has 0 unspecified atom stereocenters. The first-order chi connectivity index (χ1) is 29.9. The summed E-state index contributed by atoms with van der Waals surface area (Å²) in [4.78, 5) is 3.74. The van der Waals surface area contributed by atoms with E-state index in [1.54, 1.807) is 12.1 Å². The Hall–Kier alpha value is -7.87. The molecule has 10 aromatic rings. The minimum absolute atomic E-state index is 0.150. The zero-order valence-corrected chi connectivity index (χ0v) is 34.4. The number of nitriles is 1. The lowest BCUT2D eigenvalue weighted by atomic mass is 9.92. The summed E-state index contributed by atoms with van der Waals surface area (Å²) in [6.07, 6.45) is -4.82. The molecule has 8 aromatic carbocycles. The van der Waals surface area contributed by atoms with Crippen LogP contribution in [0.25, 0.3) is 93.2 Å². The second-order valence-corrected chi connectivity index (χ2v) is 16.2. The third kappa shape index (κ3) is 6.21. The predicted octanol–water partition coefficient (Wildman–Crippen LogP) is 15.6. The fourth-order valence-corrected chi connectivity index (χ4v) is 9.52. The molecular formula is C55H37F3N4. The Bertz CT molecular complexity index is 3360. The monoisotopic (exact) mass is 810 g/mol. The van der Waals surface area contributed by atoms with Crippen LogP contribution in [0.2, 0.25) is 0 Å². The van der Waals surface area contributed by atoms with E-state index in [0.717, 1.165) is 94.2 Å². The molecule has 62 heavy (non-hydrogen) atoms. The highest BCUT2D eigenvalue weighted by Crippen LogP contribution is 2.50. The van der Waals surface area contributed by atoms with Crippen LogP contribution in [-0.4, -0.2) is 9.13 Å². The summed E-state index contributed by atoms with van der Waals surface area (Å²) in [5, 5.41) is 14.4. The van der Waals surface area contributed by atoms with Crippen LogP contribution in [0.5, 0.6) is 0 Å². The van der Waals surface area contributed by atoms with Crippen molar-refractivity contribution in [3.8, 4) is 50.8 Å². The molecule has 0 bridgehead atoms. The molecule has 298 valence electrons. The molecule has 2 aromatic heterocycles. The van der Waals surface area contributed by atoms with Crippen LogP contribution in [0.15, 0.2) is 152 Å². The average Bonchev–Trinajstić information content (AvgIpc) is 3.76. The third-order valence-corrected chi connectivity index (χ3v) is 11.9. The molecule has 7 heteroatoms. The molecule has 2 heterocycles. The van der Waals surface area contributed by atoms with Gasteiger partial charge in [0.15, 0.2) is 5.69 Å². The molecule has 0 saturated carbocycles. The van der Waals surface area contributed by atoms with Crippen molar-refractivity contribution in [2.24, 2.45) is 0 Å². The molecule has 0 aliphatic rings. The number of aromatic nitrogens is 2.